The van der Waals surface area contributed by atoms with Crippen molar-refractivity contribution in [3.8, 4) is 5.75 Å². The second kappa shape index (κ2) is 5.98. The van der Waals surface area contributed by atoms with Crippen LogP contribution in [0.3, 0.4) is 0 Å². The Bertz CT molecular complexity index is 595. The zero-order valence-corrected chi connectivity index (χ0v) is 13.5. The van der Waals surface area contributed by atoms with Gasteiger partial charge in [0.1, 0.15) is 5.75 Å². The van der Waals surface area contributed by atoms with Crippen LogP contribution in [0.1, 0.15) is 27.6 Å². The van der Waals surface area contributed by atoms with Gasteiger partial charge in [0.2, 0.25) is 0 Å². The number of alkyl halides is 1. The largest absolute Gasteiger partial charge is 0.496 e. The van der Waals surface area contributed by atoms with Crippen LogP contribution in [0.5, 0.6) is 5.75 Å². The summed E-state index contributed by atoms with van der Waals surface area (Å²) < 4.78 is 6.32. The van der Waals surface area contributed by atoms with E-state index < -0.39 is 0 Å². The van der Waals surface area contributed by atoms with Gasteiger partial charge in [-0.3, -0.25) is 0 Å². The molecular formula is C16H16BrClO. The van der Waals surface area contributed by atoms with Crippen LogP contribution >= 0.6 is 27.5 Å². The Labute approximate surface area is 127 Å². The van der Waals surface area contributed by atoms with Gasteiger partial charge in [-0.1, -0.05) is 40.2 Å². The minimum absolute atomic E-state index is 0.167. The highest BCUT2D eigenvalue weighted by atomic mass is 79.9. The number of rotatable bonds is 3. The molecule has 2 aromatic carbocycles. The standard InChI is InChI=1S/C16H16BrClO/c1-10-4-6-13(14(17)8-10)16(18)12-5-7-15(19-3)11(2)9-12/h4-9,16H,1-3H3. The van der Waals surface area contributed by atoms with Crippen LogP contribution in [0.2, 0.25) is 0 Å². The van der Waals surface area contributed by atoms with Crippen LogP contribution in [0.25, 0.3) is 0 Å². The average molecular weight is 340 g/mol. The van der Waals surface area contributed by atoms with Crippen LogP contribution in [0, 0.1) is 13.8 Å². The minimum atomic E-state index is -0.167. The maximum Gasteiger partial charge on any atom is 0.121 e. The number of benzene rings is 2. The molecule has 0 radical (unpaired) electrons. The predicted octanol–water partition coefficient (Wildman–Crippen LogP) is 5.40. The molecule has 0 aliphatic heterocycles. The molecule has 1 atom stereocenters. The topological polar surface area (TPSA) is 9.23 Å². The van der Waals surface area contributed by atoms with Crippen molar-refractivity contribution >= 4 is 27.5 Å². The fourth-order valence-corrected chi connectivity index (χ4v) is 3.26. The Balaban J connectivity index is 2.38. The van der Waals surface area contributed by atoms with Crippen molar-refractivity contribution in [3.63, 3.8) is 0 Å². The number of hydrogen-bond donors (Lipinski definition) is 0. The van der Waals surface area contributed by atoms with Gasteiger partial charge < -0.3 is 4.74 Å². The van der Waals surface area contributed by atoms with Gasteiger partial charge in [0.05, 0.1) is 12.5 Å². The van der Waals surface area contributed by atoms with E-state index in [0.29, 0.717) is 0 Å². The number of halogens is 2. The summed E-state index contributed by atoms with van der Waals surface area (Å²) in [6.45, 7) is 4.09. The van der Waals surface area contributed by atoms with Gasteiger partial charge in [0.15, 0.2) is 0 Å². The highest BCUT2D eigenvalue weighted by Crippen LogP contribution is 2.35. The summed E-state index contributed by atoms with van der Waals surface area (Å²) in [4.78, 5) is 0. The molecule has 1 nitrogen and oxygen atoms in total. The third kappa shape index (κ3) is 3.13. The molecule has 0 saturated heterocycles. The first-order chi connectivity index (χ1) is 9.02. The molecule has 0 aliphatic carbocycles. The quantitative estimate of drug-likeness (QED) is 0.680. The molecule has 0 heterocycles. The highest BCUT2D eigenvalue weighted by Gasteiger charge is 2.15. The van der Waals surface area contributed by atoms with Gasteiger partial charge in [-0.15, -0.1) is 11.6 Å². The first-order valence-electron chi connectivity index (χ1n) is 6.07. The summed E-state index contributed by atoms with van der Waals surface area (Å²) >= 11 is 10.2. The Morgan fingerprint density at radius 1 is 1.11 bits per heavy atom. The maximum absolute atomic E-state index is 6.59. The van der Waals surface area contributed by atoms with E-state index in [-0.39, 0.29) is 5.38 Å². The molecule has 0 bridgehead atoms. The lowest BCUT2D eigenvalue weighted by Gasteiger charge is -2.15. The summed E-state index contributed by atoms with van der Waals surface area (Å²) in [5.41, 5.74) is 4.46. The second-order valence-corrected chi connectivity index (χ2v) is 5.91. The number of hydrogen-bond acceptors (Lipinski definition) is 1. The van der Waals surface area contributed by atoms with Gasteiger partial charge in [-0.05, 0) is 48.2 Å². The first-order valence-corrected chi connectivity index (χ1v) is 7.30. The molecule has 0 fully saturated rings. The monoisotopic (exact) mass is 338 g/mol. The molecule has 0 aromatic heterocycles. The van der Waals surface area contributed by atoms with Gasteiger partial charge in [-0.2, -0.15) is 0 Å². The fourth-order valence-electron chi connectivity index (χ4n) is 2.08. The molecule has 100 valence electrons. The van der Waals surface area contributed by atoms with Crippen molar-refractivity contribution in [2.24, 2.45) is 0 Å². The third-order valence-corrected chi connectivity index (χ3v) is 4.31. The van der Waals surface area contributed by atoms with Crippen molar-refractivity contribution in [3.05, 3.63) is 63.1 Å². The summed E-state index contributed by atoms with van der Waals surface area (Å²) in [6, 6.07) is 12.3. The van der Waals surface area contributed by atoms with Crippen molar-refractivity contribution in [1.29, 1.82) is 0 Å². The molecule has 2 rings (SSSR count). The van der Waals surface area contributed by atoms with Crippen LogP contribution in [-0.4, -0.2) is 7.11 Å². The number of aryl methyl sites for hydroxylation is 2. The average Bonchev–Trinajstić information content (AvgIpc) is 2.38. The fraction of sp³-hybridized carbons (Fsp3) is 0.250. The van der Waals surface area contributed by atoms with E-state index in [1.165, 1.54) is 5.56 Å². The zero-order chi connectivity index (χ0) is 14.0. The van der Waals surface area contributed by atoms with Crippen molar-refractivity contribution < 1.29 is 4.74 Å². The summed E-state index contributed by atoms with van der Waals surface area (Å²) in [7, 11) is 1.68. The van der Waals surface area contributed by atoms with Crippen LogP contribution in [0.4, 0.5) is 0 Å². The smallest absolute Gasteiger partial charge is 0.121 e. The summed E-state index contributed by atoms with van der Waals surface area (Å²) in [6.07, 6.45) is 0. The van der Waals surface area contributed by atoms with E-state index in [2.05, 4.69) is 47.1 Å². The molecule has 2 aromatic rings. The Hall–Kier alpha value is -0.990. The third-order valence-electron chi connectivity index (χ3n) is 3.14. The van der Waals surface area contributed by atoms with E-state index in [0.717, 1.165) is 26.9 Å². The van der Waals surface area contributed by atoms with E-state index in [4.69, 9.17) is 16.3 Å². The van der Waals surface area contributed by atoms with Gasteiger partial charge in [0.25, 0.3) is 0 Å². The molecule has 0 spiro atoms. The molecular weight excluding hydrogens is 324 g/mol. The van der Waals surface area contributed by atoms with Gasteiger partial charge in [-0.25, -0.2) is 0 Å². The Morgan fingerprint density at radius 2 is 1.84 bits per heavy atom. The van der Waals surface area contributed by atoms with E-state index in [1.807, 2.05) is 19.1 Å². The lowest BCUT2D eigenvalue weighted by atomic mass is 10.0. The molecule has 3 heteroatoms. The summed E-state index contributed by atoms with van der Waals surface area (Å²) in [5, 5.41) is -0.167. The van der Waals surface area contributed by atoms with E-state index in [9.17, 15) is 0 Å². The minimum Gasteiger partial charge on any atom is -0.496 e. The number of methoxy groups -OCH3 is 1. The Kier molecular flexibility index (Phi) is 4.54. The molecule has 0 N–H and O–H groups in total. The van der Waals surface area contributed by atoms with E-state index in [1.54, 1.807) is 7.11 Å². The lowest BCUT2D eigenvalue weighted by Crippen LogP contribution is -1.97. The van der Waals surface area contributed by atoms with Crippen molar-refractivity contribution in [2.45, 2.75) is 19.2 Å². The van der Waals surface area contributed by atoms with Gasteiger partial charge >= 0.3 is 0 Å². The lowest BCUT2D eigenvalue weighted by molar-refractivity contribution is 0.411. The Morgan fingerprint density at radius 3 is 2.42 bits per heavy atom. The molecule has 1 unspecified atom stereocenters. The van der Waals surface area contributed by atoms with Crippen LogP contribution in [0.15, 0.2) is 40.9 Å². The molecule has 0 saturated carbocycles. The first kappa shape index (κ1) is 14.4. The molecule has 19 heavy (non-hydrogen) atoms. The normalized spacial score (nSPS) is 12.3. The highest BCUT2D eigenvalue weighted by molar-refractivity contribution is 9.10. The zero-order valence-electron chi connectivity index (χ0n) is 11.2. The van der Waals surface area contributed by atoms with Crippen molar-refractivity contribution in [2.75, 3.05) is 7.11 Å². The van der Waals surface area contributed by atoms with Crippen molar-refractivity contribution in [1.82, 2.24) is 0 Å². The maximum atomic E-state index is 6.59. The summed E-state index contributed by atoms with van der Waals surface area (Å²) in [5.74, 6) is 0.885. The van der Waals surface area contributed by atoms with E-state index >= 15 is 0 Å². The molecule has 0 amide bonds. The SMILES string of the molecule is COc1ccc(C(Cl)c2ccc(C)cc2Br)cc1C. The molecule has 0 aliphatic rings. The number of ether oxygens (including phenoxy) is 1. The predicted molar refractivity (Wildman–Crippen MR) is 84.3 cm³/mol. The van der Waals surface area contributed by atoms with Crippen LogP contribution in [-0.2, 0) is 0 Å². The second-order valence-electron chi connectivity index (χ2n) is 4.62. The van der Waals surface area contributed by atoms with Gasteiger partial charge in [0, 0.05) is 4.47 Å². The van der Waals surface area contributed by atoms with Crippen LogP contribution < -0.4 is 4.74 Å².